The van der Waals surface area contributed by atoms with E-state index >= 15 is 0 Å². The van der Waals surface area contributed by atoms with Crippen molar-refractivity contribution in [1.82, 2.24) is 9.88 Å². The number of hydrogen-bond acceptors (Lipinski definition) is 5. The van der Waals surface area contributed by atoms with E-state index in [9.17, 15) is 18.0 Å². The third-order valence-corrected chi connectivity index (χ3v) is 7.44. The number of anilines is 1. The maximum Gasteiger partial charge on any atom is 0.264 e. The third-order valence-electron chi connectivity index (χ3n) is 5.55. The first-order chi connectivity index (χ1) is 15.3. The van der Waals surface area contributed by atoms with Gasteiger partial charge in [0.05, 0.1) is 23.8 Å². The highest BCUT2D eigenvalue weighted by Gasteiger charge is 2.26. The van der Waals surface area contributed by atoms with E-state index in [2.05, 4.69) is 4.98 Å². The number of hydrogen-bond donors (Lipinski definition) is 1. The molecule has 1 amide bonds. The Balaban J connectivity index is 1.77. The number of nitrogens with one attached hydrogen (secondary N) is 1. The summed E-state index contributed by atoms with van der Waals surface area (Å²) in [5.41, 5.74) is 1.45. The highest BCUT2D eigenvalue weighted by molar-refractivity contribution is 7.92. The number of carbonyl (C=O) groups excluding carboxylic acids is 1. The van der Waals surface area contributed by atoms with Crippen LogP contribution in [-0.4, -0.2) is 57.1 Å². The van der Waals surface area contributed by atoms with E-state index in [-0.39, 0.29) is 28.3 Å². The van der Waals surface area contributed by atoms with Crippen LogP contribution in [0.15, 0.2) is 58.4 Å². The Morgan fingerprint density at radius 1 is 1.16 bits per heavy atom. The summed E-state index contributed by atoms with van der Waals surface area (Å²) in [4.78, 5) is 30.5. The maximum atomic E-state index is 13.4. The Hall–Kier alpha value is -3.17. The molecular formula is C23H25N3O5S. The summed E-state index contributed by atoms with van der Waals surface area (Å²) < 4.78 is 33.4. The summed E-state index contributed by atoms with van der Waals surface area (Å²) in [6, 6.07) is 11.6. The largest absolute Gasteiger partial charge is 0.378 e. The molecule has 0 bridgehead atoms. The summed E-state index contributed by atoms with van der Waals surface area (Å²) in [6.07, 6.45) is 1.39. The number of rotatable bonds is 5. The molecule has 2 aromatic carbocycles. The van der Waals surface area contributed by atoms with Crippen LogP contribution in [0.3, 0.4) is 0 Å². The van der Waals surface area contributed by atoms with Gasteiger partial charge in [0, 0.05) is 36.7 Å². The molecular weight excluding hydrogens is 430 g/mol. The van der Waals surface area contributed by atoms with Crippen molar-refractivity contribution in [2.45, 2.75) is 18.7 Å². The minimum absolute atomic E-state index is 0.00479. The number of carbonyl (C=O) groups is 1. The van der Waals surface area contributed by atoms with Gasteiger partial charge in [-0.3, -0.25) is 13.9 Å². The molecule has 1 saturated heterocycles. The topological polar surface area (TPSA) is 99.8 Å². The molecule has 1 fully saturated rings. The molecule has 0 radical (unpaired) electrons. The Morgan fingerprint density at radius 2 is 1.91 bits per heavy atom. The van der Waals surface area contributed by atoms with Gasteiger partial charge in [-0.05, 0) is 49.7 Å². The molecule has 1 N–H and O–H groups in total. The SMILES string of the molecule is CCN(c1cccc(C)c1)S(=O)(=O)c1ccc2[nH]cc(C(=O)N3CCOCC3)c(=O)c2c1. The van der Waals surface area contributed by atoms with E-state index in [1.807, 2.05) is 13.0 Å². The number of nitrogens with zero attached hydrogens (tertiary/aromatic N) is 2. The van der Waals surface area contributed by atoms with Crippen molar-refractivity contribution >= 4 is 32.5 Å². The summed E-state index contributed by atoms with van der Waals surface area (Å²) in [7, 11) is -3.91. The zero-order valence-corrected chi connectivity index (χ0v) is 18.8. The number of amides is 1. The molecule has 2 heterocycles. The highest BCUT2D eigenvalue weighted by Crippen LogP contribution is 2.26. The van der Waals surface area contributed by atoms with Crippen molar-refractivity contribution in [1.29, 1.82) is 0 Å². The Labute approximate surface area is 186 Å². The third kappa shape index (κ3) is 4.01. The summed E-state index contributed by atoms with van der Waals surface area (Å²) in [5.74, 6) is -0.389. The van der Waals surface area contributed by atoms with Gasteiger partial charge < -0.3 is 14.6 Å². The second-order valence-corrected chi connectivity index (χ2v) is 9.51. The Morgan fingerprint density at radius 3 is 2.59 bits per heavy atom. The summed E-state index contributed by atoms with van der Waals surface area (Å²) >= 11 is 0. The molecule has 1 aliphatic heterocycles. The van der Waals surface area contributed by atoms with Gasteiger partial charge in [-0.1, -0.05) is 12.1 Å². The standard InChI is InChI=1S/C23H25N3O5S/c1-3-26(17-6-4-5-16(2)13-17)32(29,30)18-7-8-21-19(14-18)22(27)20(15-24-21)23(28)25-9-11-31-12-10-25/h4-8,13-15H,3,9-12H2,1-2H3,(H,24,27). The average Bonchev–Trinajstić information content (AvgIpc) is 2.80. The Kier molecular flexibility index (Phi) is 6.03. The van der Waals surface area contributed by atoms with Gasteiger partial charge in [0.25, 0.3) is 15.9 Å². The molecule has 8 nitrogen and oxygen atoms in total. The van der Waals surface area contributed by atoms with E-state index in [4.69, 9.17) is 4.74 Å². The van der Waals surface area contributed by atoms with Gasteiger partial charge in [-0.25, -0.2) is 8.42 Å². The number of aromatic nitrogens is 1. The lowest BCUT2D eigenvalue weighted by molar-refractivity contribution is 0.0302. The summed E-state index contributed by atoms with van der Waals surface area (Å²) in [5, 5.41) is 0.158. The molecule has 1 aromatic heterocycles. The molecule has 4 rings (SSSR count). The number of pyridine rings is 1. The minimum atomic E-state index is -3.91. The molecule has 9 heteroatoms. The number of benzene rings is 2. The first kappa shape index (κ1) is 22.0. The summed E-state index contributed by atoms with van der Waals surface area (Å²) in [6.45, 7) is 5.55. The zero-order chi connectivity index (χ0) is 22.9. The molecule has 32 heavy (non-hydrogen) atoms. The van der Waals surface area contributed by atoms with Gasteiger partial charge >= 0.3 is 0 Å². The van der Waals surface area contributed by atoms with Crippen LogP contribution in [0, 0.1) is 6.92 Å². The van der Waals surface area contributed by atoms with Gasteiger partial charge in [-0.2, -0.15) is 0 Å². The van der Waals surface area contributed by atoms with Crippen LogP contribution in [0.5, 0.6) is 0 Å². The normalized spacial score (nSPS) is 14.5. The van der Waals surface area contributed by atoms with Gasteiger partial charge in [0.2, 0.25) is 5.43 Å². The number of aryl methyl sites for hydroxylation is 1. The van der Waals surface area contributed by atoms with Crippen molar-refractivity contribution < 1.29 is 17.9 Å². The van der Waals surface area contributed by atoms with Gasteiger partial charge in [0.15, 0.2) is 0 Å². The molecule has 168 valence electrons. The van der Waals surface area contributed by atoms with Crippen molar-refractivity contribution in [3.8, 4) is 0 Å². The number of sulfonamides is 1. The van der Waals surface area contributed by atoms with Crippen molar-refractivity contribution in [3.05, 3.63) is 70.0 Å². The van der Waals surface area contributed by atoms with Crippen LogP contribution in [-0.2, 0) is 14.8 Å². The van der Waals surface area contributed by atoms with Crippen molar-refractivity contribution in [2.75, 3.05) is 37.2 Å². The van der Waals surface area contributed by atoms with E-state index in [1.165, 1.54) is 22.6 Å². The number of ether oxygens (including phenoxy) is 1. The van der Waals surface area contributed by atoms with Crippen molar-refractivity contribution in [3.63, 3.8) is 0 Å². The highest BCUT2D eigenvalue weighted by atomic mass is 32.2. The zero-order valence-electron chi connectivity index (χ0n) is 18.0. The van der Waals surface area contributed by atoms with Crippen LogP contribution in [0.1, 0.15) is 22.8 Å². The minimum Gasteiger partial charge on any atom is -0.378 e. The predicted octanol–water partition coefficient (Wildman–Crippen LogP) is 2.52. The predicted molar refractivity (Wildman–Crippen MR) is 123 cm³/mol. The number of fused-ring (bicyclic) bond motifs is 1. The lowest BCUT2D eigenvalue weighted by atomic mass is 10.1. The molecule has 0 saturated carbocycles. The molecule has 0 aliphatic carbocycles. The van der Waals surface area contributed by atoms with E-state index < -0.39 is 15.5 Å². The maximum absolute atomic E-state index is 13.4. The molecule has 0 unspecified atom stereocenters. The van der Waals surface area contributed by atoms with Crippen LogP contribution < -0.4 is 9.73 Å². The molecule has 3 aromatic rings. The van der Waals surface area contributed by atoms with Gasteiger partial charge in [-0.15, -0.1) is 0 Å². The monoisotopic (exact) mass is 455 g/mol. The number of aromatic amines is 1. The molecule has 0 atom stereocenters. The van der Waals surface area contributed by atoms with E-state index in [1.54, 1.807) is 36.1 Å². The first-order valence-electron chi connectivity index (χ1n) is 10.4. The van der Waals surface area contributed by atoms with Gasteiger partial charge in [0.1, 0.15) is 5.56 Å². The second kappa shape index (κ2) is 8.76. The van der Waals surface area contributed by atoms with E-state index in [0.29, 0.717) is 37.5 Å². The molecule has 0 spiro atoms. The first-order valence-corrected chi connectivity index (χ1v) is 11.9. The van der Waals surface area contributed by atoms with E-state index in [0.717, 1.165) is 5.56 Å². The van der Waals surface area contributed by atoms with Crippen LogP contribution >= 0.6 is 0 Å². The van der Waals surface area contributed by atoms with Crippen LogP contribution in [0.4, 0.5) is 5.69 Å². The lowest BCUT2D eigenvalue weighted by Crippen LogP contribution is -2.42. The fraction of sp³-hybridized carbons (Fsp3) is 0.304. The van der Waals surface area contributed by atoms with Crippen LogP contribution in [0.2, 0.25) is 0 Å². The molecule has 1 aliphatic rings. The Bertz CT molecular complexity index is 1330. The fourth-order valence-electron chi connectivity index (χ4n) is 3.86. The van der Waals surface area contributed by atoms with Crippen molar-refractivity contribution in [2.24, 2.45) is 0 Å². The second-order valence-electron chi connectivity index (χ2n) is 7.65. The quantitative estimate of drug-likeness (QED) is 0.637. The average molecular weight is 456 g/mol. The fourth-order valence-corrected chi connectivity index (χ4v) is 5.35. The number of morpholine rings is 1. The van der Waals surface area contributed by atoms with Crippen LogP contribution in [0.25, 0.3) is 10.9 Å². The lowest BCUT2D eigenvalue weighted by Gasteiger charge is -2.26. The number of H-pyrrole nitrogens is 1. The smallest absolute Gasteiger partial charge is 0.264 e.